The fourth-order valence-electron chi connectivity index (χ4n) is 1.85. The molecule has 0 fully saturated rings. The maximum Gasteiger partial charge on any atom is 0.323 e. The zero-order chi connectivity index (χ0) is 13.0. The van der Waals surface area contributed by atoms with E-state index >= 15 is 0 Å². The van der Waals surface area contributed by atoms with Gasteiger partial charge in [0.15, 0.2) is 0 Å². The number of carbonyl (C=O) groups excluding carboxylic acids is 1. The number of esters is 1. The second-order valence-corrected chi connectivity index (χ2v) is 4.12. The molecule has 2 rings (SSSR count). The Hall–Kier alpha value is -1.94. The van der Waals surface area contributed by atoms with Gasteiger partial charge >= 0.3 is 5.97 Å². The first-order chi connectivity index (χ1) is 8.70. The van der Waals surface area contributed by atoms with E-state index in [1.807, 2.05) is 24.3 Å². The standard InChI is InChI=1S/C14H16N2O2/c1-2-18-14(17)13(15)8-10-3-4-11-5-6-16-9-12(11)7-10/h3-7,9,13H,2,8,15H2,1H3. The molecule has 4 heteroatoms. The lowest BCUT2D eigenvalue weighted by Gasteiger charge is -2.10. The molecule has 1 unspecified atom stereocenters. The van der Waals surface area contributed by atoms with Gasteiger partial charge in [0.1, 0.15) is 6.04 Å². The number of carbonyl (C=O) groups is 1. The third-order valence-corrected chi connectivity index (χ3v) is 2.75. The highest BCUT2D eigenvalue weighted by Gasteiger charge is 2.15. The van der Waals surface area contributed by atoms with E-state index in [-0.39, 0.29) is 5.97 Å². The summed E-state index contributed by atoms with van der Waals surface area (Å²) >= 11 is 0. The Morgan fingerprint density at radius 3 is 3.00 bits per heavy atom. The third kappa shape index (κ3) is 2.84. The van der Waals surface area contributed by atoms with Crippen LogP contribution in [0.15, 0.2) is 36.7 Å². The van der Waals surface area contributed by atoms with E-state index in [2.05, 4.69) is 4.98 Å². The number of hydrogen-bond acceptors (Lipinski definition) is 4. The van der Waals surface area contributed by atoms with E-state index in [0.29, 0.717) is 13.0 Å². The maximum absolute atomic E-state index is 11.5. The molecule has 2 N–H and O–H groups in total. The molecule has 0 bridgehead atoms. The SMILES string of the molecule is CCOC(=O)C(N)Cc1ccc2ccncc2c1. The molecule has 4 nitrogen and oxygen atoms in total. The summed E-state index contributed by atoms with van der Waals surface area (Å²) in [6.45, 7) is 2.13. The summed E-state index contributed by atoms with van der Waals surface area (Å²) in [5.41, 5.74) is 6.80. The molecule has 0 aliphatic carbocycles. The predicted molar refractivity (Wildman–Crippen MR) is 70.1 cm³/mol. The quantitative estimate of drug-likeness (QED) is 0.831. The molecular weight excluding hydrogens is 228 g/mol. The Kier molecular flexibility index (Phi) is 3.89. The molecule has 1 aromatic carbocycles. The van der Waals surface area contributed by atoms with Crippen LogP contribution >= 0.6 is 0 Å². The molecule has 0 aliphatic heterocycles. The van der Waals surface area contributed by atoms with E-state index in [0.717, 1.165) is 16.3 Å². The minimum atomic E-state index is -0.612. The van der Waals surface area contributed by atoms with E-state index in [1.54, 1.807) is 19.3 Å². The molecular formula is C14H16N2O2. The fourth-order valence-corrected chi connectivity index (χ4v) is 1.85. The molecule has 1 aromatic heterocycles. The van der Waals surface area contributed by atoms with Crippen LogP contribution in [0.5, 0.6) is 0 Å². The minimum absolute atomic E-state index is 0.355. The van der Waals surface area contributed by atoms with Gasteiger partial charge in [0.25, 0.3) is 0 Å². The highest BCUT2D eigenvalue weighted by atomic mass is 16.5. The topological polar surface area (TPSA) is 65.2 Å². The highest BCUT2D eigenvalue weighted by molar-refractivity contribution is 5.82. The van der Waals surface area contributed by atoms with E-state index in [4.69, 9.17) is 10.5 Å². The molecule has 1 atom stereocenters. The number of fused-ring (bicyclic) bond motifs is 1. The summed E-state index contributed by atoms with van der Waals surface area (Å²) < 4.78 is 4.89. The molecule has 1 heterocycles. The molecule has 0 saturated heterocycles. The Balaban J connectivity index is 2.14. The van der Waals surface area contributed by atoms with Crippen LogP contribution in [0.4, 0.5) is 0 Å². The smallest absolute Gasteiger partial charge is 0.323 e. The lowest BCUT2D eigenvalue weighted by Crippen LogP contribution is -2.34. The van der Waals surface area contributed by atoms with Crippen molar-refractivity contribution in [1.82, 2.24) is 4.98 Å². The van der Waals surface area contributed by atoms with Crippen LogP contribution in [0, 0.1) is 0 Å². The van der Waals surface area contributed by atoms with Crippen molar-refractivity contribution in [3.05, 3.63) is 42.2 Å². The molecule has 94 valence electrons. The van der Waals surface area contributed by atoms with Crippen LogP contribution in [0.25, 0.3) is 10.8 Å². The van der Waals surface area contributed by atoms with Crippen molar-refractivity contribution in [3.8, 4) is 0 Å². The summed E-state index contributed by atoms with van der Waals surface area (Å²) in [7, 11) is 0. The molecule has 0 radical (unpaired) electrons. The lowest BCUT2D eigenvalue weighted by molar-refractivity contribution is -0.144. The third-order valence-electron chi connectivity index (χ3n) is 2.75. The van der Waals surface area contributed by atoms with Crippen LogP contribution in [-0.4, -0.2) is 23.6 Å². The number of benzene rings is 1. The lowest BCUT2D eigenvalue weighted by atomic mass is 10.0. The van der Waals surface area contributed by atoms with E-state index in [9.17, 15) is 4.79 Å². The second kappa shape index (κ2) is 5.60. The van der Waals surface area contributed by atoms with Gasteiger partial charge in [-0.2, -0.15) is 0 Å². The van der Waals surface area contributed by atoms with Gasteiger partial charge in [-0.05, 0) is 36.4 Å². The summed E-state index contributed by atoms with van der Waals surface area (Å²) in [4.78, 5) is 15.5. The molecule has 0 amide bonds. The molecule has 0 spiro atoms. The number of aromatic nitrogens is 1. The zero-order valence-corrected chi connectivity index (χ0v) is 10.3. The number of ether oxygens (including phenoxy) is 1. The zero-order valence-electron chi connectivity index (χ0n) is 10.3. The first kappa shape index (κ1) is 12.5. The van der Waals surface area contributed by atoms with Crippen LogP contribution in [0.1, 0.15) is 12.5 Å². The minimum Gasteiger partial charge on any atom is -0.465 e. The number of pyridine rings is 1. The molecule has 0 saturated carbocycles. The van der Waals surface area contributed by atoms with Crippen molar-refractivity contribution in [1.29, 1.82) is 0 Å². The van der Waals surface area contributed by atoms with Gasteiger partial charge in [0.2, 0.25) is 0 Å². The Morgan fingerprint density at radius 1 is 1.39 bits per heavy atom. The Bertz CT molecular complexity index is 554. The summed E-state index contributed by atoms with van der Waals surface area (Å²) in [5.74, 6) is -0.358. The average molecular weight is 244 g/mol. The summed E-state index contributed by atoms with van der Waals surface area (Å²) in [6.07, 6.45) is 4.03. The monoisotopic (exact) mass is 244 g/mol. The van der Waals surface area contributed by atoms with Crippen molar-refractivity contribution in [2.75, 3.05) is 6.61 Å². The Labute approximate surface area is 106 Å². The Morgan fingerprint density at radius 2 is 2.22 bits per heavy atom. The van der Waals surface area contributed by atoms with Gasteiger partial charge in [-0.3, -0.25) is 9.78 Å². The summed E-state index contributed by atoms with van der Waals surface area (Å²) in [5, 5.41) is 2.17. The van der Waals surface area contributed by atoms with Crippen LogP contribution < -0.4 is 5.73 Å². The number of nitrogens with zero attached hydrogens (tertiary/aromatic N) is 1. The van der Waals surface area contributed by atoms with Gasteiger partial charge in [-0.1, -0.05) is 12.1 Å². The first-order valence-electron chi connectivity index (χ1n) is 5.95. The van der Waals surface area contributed by atoms with Crippen molar-refractivity contribution in [2.45, 2.75) is 19.4 Å². The van der Waals surface area contributed by atoms with Crippen LogP contribution in [0.3, 0.4) is 0 Å². The molecule has 0 aliphatic rings. The number of hydrogen-bond donors (Lipinski definition) is 1. The van der Waals surface area contributed by atoms with Gasteiger partial charge in [-0.25, -0.2) is 0 Å². The van der Waals surface area contributed by atoms with Gasteiger partial charge in [-0.15, -0.1) is 0 Å². The molecule has 18 heavy (non-hydrogen) atoms. The van der Waals surface area contributed by atoms with Crippen molar-refractivity contribution >= 4 is 16.7 Å². The summed E-state index contributed by atoms with van der Waals surface area (Å²) in [6, 6.07) is 7.32. The second-order valence-electron chi connectivity index (χ2n) is 4.12. The number of nitrogens with two attached hydrogens (primary N) is 1. The van der Waals surface area contributed by atoms with E-state index in [1.165, 1.54) is 0 Å². The van der Waals surface area contributed by atoms with Gasteiger partial charge in [0, 0.05) is 17.8 Å². The van der Waals surface area contributed by atoms with Crippen LogP contribution in [-0.2, 0) is 16.0 Å². The highest BCUT2D eigenvalue weighted by Crippen LogP contribution is 2.15. The largest absolute Gasteiger partial charge is 0.465 e. The van der Waals surface area contributed by atoms with E-state index < -0.39 is 6.04 Å². The van der Waals surface area contributed by atoms with Gasteiger partial charge < -0.3 is 10.5 Å². The maximum atomic E-state index is 11.5. The van der Waals surface area contributed by atoms with Crippen molar-refractivity contribution < 1.29 is 9.53 Å². The normalized spacial score (nSPS) is 12.3. The van der Waals surface area contributed by atoms with Crippen molar-refractivity contribution in [3.63, 3.8) is 0 Å². The van der Waals surface area contributed by atoms with Crippen molar-refractivity contribution in [2.24, 2.45) is 5.73 Å². The fraction of sp³-hybridized carbons (Fsp3) is 0.286. The average Bonchev–Trinajstić information content (AvgIpc) is 2.39. The van der Waals surface area contributed by atoms with Crippen LogP contribution in [0.2, 0.25) is 0 Å². The predicted octanol–water partition coefficient (Wildman–Crippen LogP) is 1.67. The number of rotatable bonds is 4. The molecule has 2 aromatic rings. The first-order valence-corrected chi connectivity index (χ1v) is 5.95. The van der Waals surface area contributed by atoms with Gasteiger partial charge in [0.05, 0.1) is 6.61 Å².